The molecule has 7 heteroatoms. The molecule has 0 aliphatic rings. The number of carbonyl (C=O) groups is 2. The summed E-state index contributed by atoms with van der Waals surface area (Å²) in [5.74, 6) is -1.10. The first-order valence-electron chi connectivity index (χ1n) is 7.67. The maximum atomic E-state index is 13.8. The minimum absolute atomic E-state index is 0.00957. The van der Waals surface area contributed by atoms with Gasteiger partial charge in [0.25, 0.3) is 11.8 Å². The topological polar surface area (TPSA) is 71.3 Å². The predicted octanol–water partition coefficient (Wildman–Crippen LogP) is 4.35. The number of hydrogen-bond donors (Lipinski definition) is 2. The van der Waals surface area contributed by atoms with Crippen LogP contribution >= 0.6 is 11.6 Å². The van der Waals surface area contributed by atoms with Gasteiger partial charge in [0.15, 0.2) is 5.76 Å². The van der Waals surface area contributed by atoms with Crippen LogP contribution in [0.3, 0.4) is 0 Å². The molecule has 26 heavy (non-hydrogen) atoms. The van der Waals surface area contributed by atoms with E-state index in [1.165, 1.54) is 37.4 Å². The zero-order valence-corrected chi connectivity index (χ0v) is 14.4. The van der Waals surface area contributed by atoms with Gasteiger partial charge in [-0.15, -0.1) is 0 Å². The minimum Gasteiger partial charge on any atom is -0.451 e. The first kappa shape index (κ1) is 17.7. The highest BCUT2D eigenvalue weighted by Crippen LogP contribution is 2.27. The third kappa shape index (κ3) is 3.60. The van der Waals surface area contributed by atoms with Crippen molar-refractivity contribution in [2.45, 2.75) is 0 Å². The molecule has 0 spiro atoms. The third-order valence-electron chi connectivity index (χ3n) is 3.67. The molecule has 0 bridgehead atoms. The molecule has 1 aromatic heterocycles. The number of amides is 2. The lowest BCUT2D eigenvalue weighted by atomic mass is 10.1. The van der Waals surface area contributed by atoms with E-state index < -0.39 is 11.7 Å². The van der Waals surface area contributed by atoms with Gasteiger partial charge in [-0.1, -0.05) is 23.7 Å². The second kappa shape index (κ2) is 7.41. The summed E-state index contributed by atoms with van der Waals surface area (Å²) in [4.78, 5) is 24.1. The molecule has 0 unspecified atom stereocenters. The molecular formula is C19H14ClFN2O3. The zero-order chi connectivity index (χ0) is 18.7. The van der Waals surface area contributed by atoms with Gasteiger partial charge in [0, 0.05) is 12.6 Å². The highest BCUT2D eigenvalue weighted by atomic mass is 35.5. The second-order valence-electron chi connectivity index (χ2n) is 5.37. The molecule has 2 amide bonds. The molecule has 0 radical (unpaired) electrons. The van der Waals surface area contributed by atoms with Crippen molar-refractivity contribution in [1.82, 2.24) is 5.32 Å². The van der Waals surface area contributed by atoms with E-state index in [0.29, 0.717) is 5.56 Å². The Morgan fingerprint density at radius 2 is 1.81 bits per heavy atom. The Balaban J connectivity index is 1.83. The van der Waals surface area contributed by atoms with Crippen LogP contribution in [-0.2, 0) is 0 Å². The van der Waals surface area contributed by atoms with Crippen LogP contribution in [0.15, 0.2) is 59.0 Å². The molecule has 0 atom stereocenters. The van der Waals surface area contributed by atoms with Gasteiger partial charge in [-0.3, -0.25) is 9.59 Å². The molecule has 3 rings (SSSR count). The lowest BCUT2D eigenvalue weighted by molar-refractivity contribution is 0.0960. The number of carbonyl (C=O) groups excluding carboxylic acids is 2. The molecule has 3 aromatic rings. The van der Waals surface area contributed by atoms with Crippen LogP contribution in [0.5, 0.6) is 0 Å². The minimum atomic E-state index is -0.566. The standard InChI is InChI=1S/C19H14ClFN2O3/c1-22-18(24)11-6-7-13(20)15(10-11)23-19(25)17-9-8-16(26-17)12-4-2-3-5-14(12)21/h2-10H,1H3,(H,22,24)(H,23,25). The molecule has 0 fully saturated rings. The molecule has 0 saturated heterocycles. The van der Waals surface area contributed by atoms with E-state index >= 15 is 0 Å². The molecular weight excluding hydrogens is 359 g/mol. The maximum Gasteiger partial charge on any atom is 0.291 e. The predicted molar refractivity (Wildman–Crippen MR) is 96.9 cm³/mol. The summed E-state index contributed by atoms with van der Waals surface area (Å²) < 4.78 is 19.3. The quantitative estimate of drug-likeness (QED) is 0.715. The average Bonchev–Trinajstić information content (AvgIpc) is 3.13. The fourth-order valence-electron chi connectivity index (χ4n) is 2.36. The monoisotopic (exact) mass is 372 g/mol. The summed E-state index contributed by atoms with van der Waals surface area (Å²) in [6, 6.07) is 13.6. The molecule has 5 nitrogen and oxygen atoms in total. The van der Waals surface area contributed by atoms with Gasteiger partial charge in [-0.25, -0.2) is 4.39 Å². The van der Waals surface area contributed by atoms with Crippen LogP contribution in [-0.4, -0.2) is 18.9 Å². The van der Waals surface area contributed by atoms with Gasteiger partial charge in [0.2, 0.25) is 0 Å². The highest BCUT2D eigenvalue weighted by molar-refractivity contribution is 6.34. The maximum absolute atomic E-state index is 13.8. The van der Waals surface area contributed by atoms with E-state index in [9.17, 15) is 14.0 Å². The molecule has 2 N–H and O–H groups in total. The van der Waals surface area contributed by atoms with Crippen LogP contribution in [0, 0.1) is 5.82 Å². The average molecular weight is 373 g/mol. The largest absolute Gasteiger partial charge is 0.451 e. The van der Waals surface area contributed by atoms with Crippen LogP contribution in [0.4, 0.5) is 10.1 Å². The summed E-state index contributed by atoms with van der Waals surface area (Å²) in [7, 11) is 1.50. The fraction of sp³-hybridized carbons (Fsp3) is 0.0526. The van der Waals surface area contributed by atoms with Crippen molar-refractivity contribution in [1.29, 1.82) is 0 Å². The number of nitrogens with one attached hydrogen (secondary N) is 2. The van der Waals surface area contributed by atoms with Gasteiger partial charge >= 0.3 is 0 Å². The van der Waals surface area contributed by atoms with E-state index in [1.807, 2.05) is 0 Å². The van der Waals surface area contributed by atoms with Crippen molar-refractivity contribution in [2.24, 2.45) is 0 Å². The Hall–Kier alpha value is -3.12. The summed E-state index contributed by atoms with van der Waals surface area (Å²) in [5.41, 5.74) is 0.867. The zero-order valence-electron chi connectivity index (χ0n) is 13.7. The number of hydrogen-bond acceptors (Lipinski definition) is 3. The van der Waals surface area contributed by atoms with Crippen molar-refractivity contribution in [3.8, 4) is 11.3 Å². The third-order valence-corrected chi connectivity index (χ3v) is 4.00. The molecule has 0 aliphatic carbocycles. The van der Waals surface area contributed by atoms with Crippen molar-refractivity contribution >= 4 is 29.1 Å². The molecule has 132 valence electrons. The van der Waals surface area contributed by atoms with E-state index in [0.717, 1.165) is 0 Å². The van der Waals surface area contributed by atoms with E-state index in [4.69, 9.17) is 16.0 Å². The van der Waals surface area contributed by atoms with Crippen molar-refractivity contribution in [3.05, 3.63) is 76.8 Å². The number of rotatable bonds is 4. The number of halogens is 2. The van der Waals surface area contributed by atoms with Crippen molar-refractivity contribution in [3.63, 3.8) is 0 Å². The van der Waals surface area contributed by atoms with Crippen molar-refractivity contribution in [2.75, 3.05) is 12.4 Å². The Morgan fingerprint density at radius 3 is 2.54 bits per heavy atom. The number of anilines is 1. The fourth-order valence-corrected chi connectivity index (χ4v) is 2.52. The highest BCUT2D eigenvalue weighted by Gasteiger charge is 2.16. The van der Waals surface area contributed by atoms with Gasteiger partial charge in [-0.05, 0) is 42.5 Å². The van der Waals surface area contributed by atoms with E-state index in [1.54, 1.807) is 24.3 Å². The molecule has 1 heterocycles. The van der Waals surface area contributed by atoms with E-state index in [-0.39, 0.29) is 33.7 Å². The Morgan fingerprint density at radius 1 is 1.04 bits per heavy atom. The smallest absolute Gasteiger partial charge is 0.291 e. The van der Waals surface area contributed by atoms with Crippen LogP contribution in [0.1, 0.15) is 20.9 Å². The second-order valence-corrected chi connectivity index (χ2v) is 5.78. The van der Waals surface area contributed by atoms with Gasteiger partial charge < -0.3 is 15.1 Å². The summed E-state index contributed by atoms with van der Waals surface area (Å²) in [6.45, 7) is 0. The molecule has 2 aromatic carbocycles. The van der Waals surface area contributed by atoms with Crippen LogP contribution in [0.2, 0.25) is 5.02 Å². The molecule has 0 saturated carbocycles. The van der Waals surface area contributed by atoms with Gasteiger partial charge in [0.05, 0.1) is 16.3 Å². The molecule has 0 aliphatic heterocycles. The van der Waals surface area contributed by atoms with Gasteiger partial charge in [-0.2, -0.15) is 0 Å². The van der Waals surface area contributed by atoms with Crippen LogP contribution in [0.25, 0.3) is 11.3 Å². The summed E-state index contributed by atoms with van der Waals surface area (Å²) >= 11 is 6.07. The first-order chi connectivity index (χ1) is 12.5. The van der Waals surface area contributed by atoms with E-state index in [2.05, 4.69) is 10.6 Å². The lowest BCUT2D eigenvalue weighted by Gasteiger charge is -2.08. The first-order valence-corrected chi connectivity index (χ1v) is 8.05. The Bertz CT molecular complexity index is 984. The number of benzene rings is 2. The Labute approximate surface area is 153 Å². The number of furan rings is 1. The van der Waals surface area contributed by atoms with Gasteiger partial charge in [0.1, 0.15) is 11.6 Å². The summed E-state index contributed by atoms with van der Waals surface area (Å²) in [6.07, 6.45) is 0. The normalized spacial score (nSPS) is 10.4. The SMILES string of the molecule is CNC(=O)c1ccc(Cl)c(NC(=O)c2ccc(-c3ccccc3F)o2)c1. The van der Waals surface area contributed by atoms with Crippen molar-refractivity contribution < 1.29 is 18.4 Å². The lowest BCUT2D eigenvalue weighted by Crippen LogP contribution is -2.18. The van der Waals surface area contributed by atoms with Crippen LogP contribution < -0.4 is 10.6 Å². The Kier molecular flexibility index (Phi) is 5.04. The summed E-state index contributed by atoms with van der Waals surface area (Å²) in [5, 5.41) is 5.35.